The van der Waals surface area contributed by atoms with Crippen molar-refractivity contribution in [2.75, 3.05) is 0 Å². The zero-order valence-corrected chi connectivity index (χ0v) is 10.7. The number of aryl methyl sites for hydroxylation is 1. The number of aromatic carboxylic acids is 1. The molecule has 0 aliphatic rings. The van der Waals surface area contributed by atoms with Crippen molar-refractivity contribution in [3.63, 3.8) is 0 Å². The Kier molecular flexibility index (Phi) is 2.49. The van der Waals surface area contributed by atoms with Crippen LogP contribution >= 0.6 is 11.3 Å². The highest BCUT2D eigenvalue weighted by atomic mass is 32.1. The Balaban J connectivity index is 2.33. The summed E-state index contributed by atoms with van der Waals surface area (Å²) in [6.07, 6.45) is 3.44. The largest absolute Gasteiger partial charge is 0.477 e. The third-order valence-corrected chi connectivity index (χ3v) is 4.04. The zero-order chi connectivity index (χ0) is 13.6. The second-order valence-corrected chi connectivity index (χ2v) is 5.05. The van der Waals surface area contributed by atoms with Crippen LogP contribution in [0.3, 0.4) is 0 Å². The lowest BCUT2D eigenvalue weighted by Gasteiger charge is -1.97. The van der Waals surface area contributed by atoms with Crippen LogP contribution in [0.4, 0.5) is 0 Å². The normalized spacial score (nSPS) is 11.0. The number of carboxylic acids is 1. The first-order chi connectivity index (χ1) is 9.08. The summed E-state index contributed by atoms with van der Waals surface area (Å²) in [6, 6.07) is 1.78. The molecule has 0 saturated heterocycles. The Hall–Kier alpha value is -2.41. The van der Waals surface area contributed by atoms with Crippen molar-refractivity contribution in [3.8, 4) is 11.4 Å². The van der Waals surface area contributed by atoms with E-state index in [0.717, 1.165) is 16.9 Å². The Morgan fingerprint density at radius 1 is 1.47 bits per heavy atom. The van der Waals surface area contributed by atoms with Gasteiger partial charge in [-0.2, -0.15) is 0 Å². The van der Waals surface area contributed by atoms with Gasteiger partial charge >= 0.3 is 5.97 Å². The fourth-order valence-electron chi connectivity index (χ4n) is 1.96. The third kappa shape index (κ3) is 1.75. The summed E-state index contributed by atoms with van der Waals surface area (Å²) in [5.41, 5.74) is 0.895. The lowest BCUT2D eigenvalue weighted by Crippen LogP contribution is -2.09. The highest BCUT2D eigenvalue weighted by Crippen LogP contribution is 2.28. The number of thiophene rings is 1. The zero-order valence-electron chi connectivity index (χ0n) is 9.85. The van der Waals surface area contributed by atoms with Gasteiger partial charge < -0.3 is 15.1 Å². The summed E-state index contributed by atoms with van der Waals surface area (Å²) >= 11 is 1.02. The van der Waals surface area contributed by atoms with Crippen LogP contribution < -0.4 is 5.56 Å². The number of rotatable bonds is 2. The summed E-state index contributed by atoms with van der Waals surface area (Å²) in [4.78, 5) is 33.6. The summed E-state index contributed by atoms with van der Waals surface area (Å²) in [6.45, 7) is 1.62. The quantitative estimate of drug-likeness (QED) is 0.666. The number of nitrogens with zero attached hydrogens (tertiary/aromatic N) is 1. The minimum absolute atomic E-state index is 0.152. The van der Waals surface area contributed by atoms with Crippen LogP contribution in [-0.2, 0) is 0 Å². The lowest BCUT2D eigenvalue weighted by atomic mass is 10.2. The van der Waals surface area contributed by atoms with Gasteiger partial charge in [0.25, 0.3) is 5.56 Å². The van der Waals surface area contributed by atoms with Crippen molar-refractivity contribution in [1.82, 2.24) is 15.0 Å². The standard InChI is InChI=1S/C12H9N3O3S/c1-5-7-10(16)14-9(6-2-3-13-4-6)15-11(7)19-8(5)12(17)18/h2-4,13H,1H3,(H,17,18)(H,14,15,16). The Labute approximate surface area is 110 Å². The molecule has 3 rings (SSSR count). The van der Waals surface area contributed by atoms with Crippen LogP contribution in [0.5, 0.6) is 0 Å². The van der Waals surface area contributed by atoms with E-state index in [0.29, 0.717) is 21.6 Å². The van der Waals surface area contributed by atoms with Crippen LogP contribution in [-0.4, -0.2) is 26.0 Å². The molecule has 3 heterocycles. The van der Waals surface area contributed by atoms with E-state index in [1.54, 1.807) is 25.4 Å². The summed E-state index contributed by atoms with van der Waals surface area (Å²) < 4.78 is 0. The SMILES string of the molecule is Cc1c(C(=O)O)sc2nc(-c3cc[nH]c3)[nH]c(=O)c12. The fourth-order valence-corrected chi connectivity index (χ4v) is 2.98. The van der Waals surface area contributed by atoms with Crippen molar-refractivity contribution in [3.05, 3.63) is 39.3 Å². The maximum Gasteiger partial charge on any atom is 0.346 e. The van der Waals surface area contributed by atoms with E-state index in [9.17, 15) is 9.59 Å². The molecule has 3 aromatic rings. The van der Waals surface area contributed by atoms with E-state index < -0.39 is 5.97 Å². The maximum absolute atomic E-state index is 12.1. The van der Waals surface area contributed by atoms with Gasteiger partial charge in [-0.15, -0.1) is 11.3 Å². The molecule has 7 heteroatoms. The monoisotopic (exact) mass is 275 g/mol. The topological polar surface area (TPSA) is 98.8 Å². The van der Waals surface area contributed by atoms with Gasteiger partial charge in [0.15, 0.2) is 0 Å². The molecule has 96 valence electrons. The summed E-state index contributed by atoms with van der Waals surface area (Å²) in [7, 11) is 0. The molecule has 0 aromatic carbocycles. The molecule has 0 spiro atoms. The van der Waals surface area contributed by atoms with Crippen LogP contribution in [0.1, 0.15) is 15.2 Å². The van der Waals surface area contributed by atoms with Crippen LogP contribution in [0.25, 0.3) is 21.6 Å². The average Bonchev–Trinajstić information content (AvgIpc) is 2.96. The minimum Gasteiger partial charge on any atom is -0.477 e. The van der Waals surface area contributed by atoms with Gasteiger partial charge in [0, 0.05) is 18.0 Å². The third-order valence-electron chi connectivity index (χ3n) is 2.87. The number of aromatic amines is 2. The predicted octanol–water partition coefficient (Wildman–Crippen LogP) is 1.99. The van der Waals surface area contributed by atoms with Crippen LogP contribution in [0.2, 0.25) is 0 Å². The van der Waals surface area contributed by atoms with Gasteiger partial charge in [0.2, 0.25) is 0 Å². The fraction of sp³-hybridized carbons (Fsp3) is 0.0833. The van der Waals surface area contributed by atoms with Gasteiger partial charge in [0.1, 0.15) is 15.5 Å². The van der Waals surface area contributed by atoms with Gasteiger partial charge in [-0.3, -0.25) is 4.79 Å². The Morgan fingerprint density at radius 3 is 2.89 bits per heavy atom. The molecule has 0 amide bonds. The molecule has 6 nitrogen and oxygen atoms in total. The highest BCUT2D eigenvalue weighted by Gasteiger charge is 2.18. The van der Waals surface area contributed by atoms with Gasteiger partial charge in [-0.05, 0) is 18.6 Å². The van der Waals surface area contributed by atoms with Crippen molar-refractivity contribution < 1.29 is 9.90 Å². The molecule has 0 fully saturated rings. The molecule has 0 aliphatic carbocycles. The smallest absolute Gasteiger partial charge is 0.346 e. The first-order valence-electron chi connectivity index (χ1n) is 5.48. The Morgan fingerprint density at radius 2 is 2.26 bits per heavy atom. The molecule has 3 N–H and O–H groups in total. The number of carbonyl (C=O) groups is 1. The van der Waals surface area contributed by atoms with E-state index in [4.69, 9.17) is 5.11 Å². The molecule has 0 aliphatic heterocycles. The average molecular weight is 275 g/mol. The number of hydrogen-bond acceptors (Lipinski definition) is 4. The number of H-pyrrole nitrogens is 2. The van der Waals surface area contributed by atoms with Crippen LogP contribution in [0.15, 0.2) is 23.3 Å². The molecule has 0 radical (unpaired) electrons. The first-order valence-corrected chi connectivity index (χ1v) is 6.29. The second kappa shape index (κ2) is 4.06. The highest BCUT2D eigenvalue weighted by molar-refractivity contribution is 7.20. The van der Waals surface area contributed by atoms with Crippen molar-refractivity contribution in [2.24, 2.45) is 0 Å². The van der Waals surface area contributed by atoms with E-state index in [1.165, 1.54) is 0 Å². The van der Waals surface area contributed by atoms with Crippen molar-refractivity contribution in [2.45, 2.75) is 6.92 Å². The molecule has 0 saturated carbocycles. The lowest BCUT2D eigenvalue weighted by molar-refractivity contribution is 0.0701. The van der Waals surface area contributed by atoms with E-state index in [-0.39, 0.29) is 10.4 Å². The molecular weight excluding hydrogens is 266 g/mol. The van der Waals surface area contributed by atoms with Gasteiger partial charge in [0.05, 0.1) is 5.39 Å². The van der Waals surface area contributed by atoms with Crippen LogP contribution in [0, 0.1) is 6.92 Å². The molecule has 19 heavy (non-hydrogen) atoms. The van der Waals surface area contributed by atoms with Gasteiger partial charge in [-0.25, -0.2) is 9.78 Å². The predicted molar refractivity (Wildman–Crippen MR) is 71.7 cm³/mol. The van der Waals surface area contributed by atoms with Crippen molar-refractivity contribution in [1.29, 1.82) is 0 Å². The summed E-state index contributed by atoms with van der Waals surface area (Å²) in [5.74, 6) is -0.611. The summed E-state index contributed by atoms with van der Waals surface area (Å²) in [5, 5.41) is 9.43. The molecule has 0 bridgehead atoms. The second-order valence-electron chi connectivity index (χ2n) is 4.06. The number of carboxylic acid groups (broad SMARTS) is 1. The number of nitrogens with one attached hydrogen (secondary N) is 2. The maximum atomic E-state index is 12.1. The Bertz CT molecular complexity index is 830. The molecule has 3 aromatic heterocycles. The molecular formula is C12H9N3O3S. The molecule has 0 unspecified atom stereocenters. The number of fused-ring (bicyclic) bond motifs is 1. The molecule has 0 atom stereocenters. The van der Waals surface area contributed by atoms with Crippen molar-refractivity contribution >= 4 is 27.5 Å². The number of hydrogen-bond donors (Lipinski definition) is 3. The number of aromatic nitrogens is 3. The van der Waals surface area contributed by atoms with E-state index in [1.807, 2.05) is 0 Å². The minimum atomic E-state index is -1.04. The van der Waals surface area contributed by atoms with E-state index >= 15 is 0 Å². The first kappa shape index (κ1) is 11.7. The van der Waals surface area contributed by atoms with E-state index in [2.05, 4.69) is 15.0 Å². The van der Waals surface area contributed by atoms with Gasteiger partial charge in [-0.1, -0.05) is 0 Å².